The molecule has 1 aromatic heterocycles. The van der Waals surface area contributed by atoms with Gasteiger partial charge in [-0.15, -0.1) is 11.3 Å². The summed E-state index contributed by atoms with van der Waals surface area (Å²) in [5, 5.41) is 15.2. The molecule has 0 atom stereocenters. The molecule has 0 bridgehead atoms. The first-order valence-corrected chi connectivity index (χ1v) is 7.35. The lowest BCUT2D eigenvalue weighted by Gasteiger charge is -2.05. The predicted molar refractivity (Wildman–Crippen MR) is 76.2 cm³/mol. The van der Waals surface area contributed by atoms with Crippen LogP contribution in [0, 0.1) is 11.3 Å². The SMILES string of the molecule is N#Cc1ccc(Br)cc1Nc1nc(C2CC2)cs1. The Balaban J connectivity index is 1.86. The minimum absolute atomic E-state index is 0.626. The van der Waals surface area contributed by atoms with E-state index in [1.165, 1.54) is 18.5 Å². The Morgan fingerprint density at radius 1 is 1.44 bits per heavy atom. The highest BCUT2D eigenvalue weighted by Crippen LogP contribution is 2.41. The third-order valence-corrected chi connectivity index (χ3v) is 4.13. The van der Waals surface area contributed by atoms with E-state index in [1.807, 2.05) is 12.1 Å². The summed E-state index contributed by atoms with van der Waals surface area (Å²) in [6.45, 7) is 0. The molecule has 1 aromatic carbocycles. The third-order valence-electron chi connectivity index (χ3n) is 2.86. The molecule has 0 aliphatic heterocycles. The molecule has 90 valence electrons. The van der Waals surface area contributed by atoms with Gasteiger partial charge in [0, 0.05) is 15.8 Å². The Hall–Kier alpha value is -1.38. The number of halogens is 1. The molecule has 3 nitrogen and oxygen atoms in total. The average Bonchev–Trinajstić information content (AvgIpc) is 3.11. The van der Waals surface area contributed by atoms with Gasteiger partial charge >= 0.3 is 0 Å². The van der Waals surface area contributed by atoms with E-state index in [0.717, 1.165) is 15.3 Å². The van der Waals surface area contributed by atoms with E-state index < -0.39 is 0 Å². The molecule has 2 aromatic rings. The van der Waals surface area contributed by atoms with Gasteiger partial charge in [-0.25, -0.2) is 4.98 Å². The van der Waals surface area contributed by atoms with Crippen LogP contribution in [-0.4, -0.2) is 4.98 Å². The van der Waals surface area contributed by atoms with E-state index in [0.29, 0.717) is 11.5 Å². The van der Waals surface area contributed by atoms with Crippen molar-refractivity contribution in [3.63, 3.8) is 0 Å². The van der Waals surface area contributed by atoms with Gasteiger partial charge in [0.05, 0.1) is 16.9 Å². The summed E-state index contributed by atoms with van der Waals surface area (Å²) in [4.78, 5) is 4.56. The van der Waals surface area contributed by atoms with Crippen LogP contribution in [0.15, 0.2) is 28.1 Å². The smallest absolute Gasteiger partial charge is 0.187 e. The maximum Gasteiger partial charge on any atom is 0.187 e. The van der Waals surface area contributed by atoms with Crippen LogP contribution in [0.2, 0.25) is 0 Å². The van der Waals surface area contributed by atoms with Crippen LogP contribution in [0.1, 0.15) is 30.0 Å². The Bertz CT molecular complexity index is 625. The van der Waals surface area contributed by atoms with Crippen molar-refractivity contribution in [2.75, 3.05) is 5.32 Å². The van der Waals surface area contributed by atoms with Crippen molar-refractivity contribution in [3.8, 4) is 6.07 Å². The van der Waals surface area contributed by atoms with Crippen molar-refractivity contribution >= 4 is 38.1 Å². The molecule has 0 unspecified atom stereocenters. The predicted octanol–water partition coefficient (Wildman–Crippen LogP) is 4.40. The molecular weight excluding hydrogens is 310 g/mol. The highest BCUT2D eigenvalue weighted by molar-refractivity contribution is 9.10. The number of nitrogens with one attached hydrogen (secondary N) is 1. The van der Waals surface area contributed by atoms with Crippen LogP contribution >= 0.6 is 27.3 Å². The number of hydrogen-bond acceptors (Lipinski definition) is 4. The van der Waals surface area contributed by atoms with Gasteiger partial charge in [0.25, 0.3) is 0 Å². The number of nitrogens with zero attached hydrogens (tertiary/aromatic N) is 2. The fraction of sp³-hybridized carbons (Fsp3) is 0.231. The molecule has 1 aliphatic carbocycles. The molecule has 0 radical (unpaired) electrons. The van der Waals surface area contributed by atoms with E-state index in [-0.39, 0.29) is 0 Å². The van der Waals surface area contributed by atoms with Gasteiger partial charge in [-0.3, -0.25) is 0 Å². The highest BCUT2D eigenvalue weighted by atomic mass is 79.9. The zero-order chi connectivity index (χ0) is 12.5. The van der Waals surface area contributed by atoms with E-state index in [1.54, 1.807) is 17.4 Å². The number of anilines is 2. The Labute approximate surface area is 118 Å². The van der Waals surface area contributed by atoms with Crippen LogP contribution in [-0.2, 0) is 0 Å². The van der Waals surface area contributed by atoms with Crippen LogP contribution in [0.25, 0.3) is 0 Å². The average molecular weight is 320 g/mol. The van der Waals surface area contributed by atoms with Crippen LogP contribution in [0.4, 0.5) is 10.8 Å². The highest BCUT2D eigenvalue weighted by Gasteiger charge is 2.26. The van der Waals surface area contributed by atoms with Crippen LogP contribution in [0.5, 0.6) is 0 Å². The molecule has 1 aliphatic rings. The van der Waals surface area contributed by atoms with E-state index >= 15 is 0 Å². The molecule has 0 spiro atoms. The molecule has 1 N–H and O–H groups in total. The van der Waals surface area contributed by atoms with Gasteiger partial charge < -0.3 is 5.32 Å². The second kappa shape index (κ2) is 4.71. The maximum atomic E-state index is 9.07. The molecule has 5 heteroatoms. The summed E-state index contributed by atoms with van der Waals surface area (Å²) in [5.41, 5.74) is 2.60. The van der Waals surface area contributed by atoms with Crippen molar-refractivity contribution in [3.05, 3.63) is 39.3 Å². The van der Waals surface area contributed by atoms with Crippen molar-refractivity contribution in [2.45, 2.75) is 18.8 Å². The molecule has 1 heterocycles. The Morgan fingerprint density at radius 2 is 2.28 bits per heavy atom. The number of hydrogen-bond donors (Lipinski definition) is 1. The third kappa shape index (κ3) is 2.40. The summed E-state index contributed by atoms with van der Waals surface area (Å²) in [6, 6.07) is 7.73. The summed E-state index contributed by atoms with van der Waals surface area (Å²) in [6.07, 6.45) is 2.51. The fourth-order valence-electron chi connectivity index (χ4n) is 1.74. The largest absolute Gasteiger partial charge is 0.330 e. The number of thiazole rings is 1. The van der Waals surface area contributed by atoms with Gasteiger partial charge in [0.2, 0.25) is 0 Å². The zero-order valence-corrected chi connectivity index (χ0v) is 11.9. The second-order valence-corrected chi connectivity index (χ2v) is 6.05. The molecule has 18 heavy (non-hydrogen) atoms. The Kier molecular flexibility index (Phi) is 3.06. The van der Waals surface area contributed by atoms with E-state index in [4.69, 9.17) is 5.26 Å². The van der Waals surface area contributed by atoms with Crippen molar-refractivity contribution < 1.29 is 0 Å². The van der Waals surface area contributed by atoms with Gasteiger partial charge in [0.1, 0.15) is 6.07 Å². The molecular formula is C13H10BrN3S. The standard InChI is InChI=1S/C13H10BrN3S/c14-10-4-3-9(6-15)11(5-10)16-13-17-12(7-18-13)8-1-2-8/h3-5,7-8H,1-2H2,(H,16,17). The first-order valence-electron chi connectivity index (χ1n) is 5.68. The number of benzene rings is 1. The summed E-state index contributed by atoms with van der Waals surface area (Å²) < 4.78 is 0.947. The first-order chi connectivity index (χ1) is 8.76. The molecule has 3 rings (SSSR count). The maximum absolute atomic E-state index is 9.07. The lowest BCUT2D eigenvalue weighted by Crippen LogP contribution is -1.93. The summed E-state index contributed by atoms with van der Waals surface area (Å²) in [7, 11) is 0. The van der Waals surface area contributed by atoms with Crippen molar-refractivity contribution in [1.29, 1.82) is 5.26 Å². The van der Waals surface area contributed by atoms with Gasteiger partial charge in [0.15, 0.2) is 5.13 Å². The Morgan fingerprint density at radius 3 is 3.00 bits per heavy atom. The quantitative estimate of drug-likeness (QED) is 0.912. The van der Waals surface area contributed by atoms with Crippen LogP contribution < -0.4 is 5.32 Å². The van der Waals surface area contributed by atoms with Crippen molar-refractivity contribution in [1.82, 2.24) is 4.98 Å². The van der Waals surface area contributed by atoms with E-state index in [9.17, 15) is 0 Å². The fourth-order valence-corrected chi connectivity index (χ4v) is 2.91. The number of aromatic nitrogens is 1. The molecule has 1 fully saturated rings. The molecule has 0 amide bonds. The van der Waals surface area contributed by atoms with Crippen molar-refractivity contribution in [2.24, 2.45) is 0 Å². The minimum Gasteiger partial charge on any atom is -0.330 e. The second-order valence-electron chi connectivity index (χ2n) is 4.28. The first kappa shape index (κ1) is 11.7. The van der Waals surface area contributed by atoms with Gasteiger partial charge in [-0.05, 0) is 31.0 Å². The van der Waals surface area contributed by atoms with E-state index in [2.05, 4.69) is 37.7 Å². The zero-order valence-electron chi connectivity index (χ0n) is 9.48. The minimum atomic E-state index is 0.626. The normalized spacial score (nSPS) is 14.2. The number of nitriles is 1. The lowest BCUT2D eigenvalue weighted by atomic mass is 10.2. The summed E-state index contributed by atoms with van der Waals surface area (Å²) in [5.74, 6) is 0.662. The van der Waals surface area contributed by atoms with Crippen LogP contribution in [0.3, 0.4) is 0 Å². The molecule has 1 saturated carbocycles. The van der Waals surface area contributed by atoms with Gasteiger partial charge in [-0.1, -0.05) is 15.9 Å². The number of rotatable bonds is 3. The monoisotopic (exact) mass is 319 g/mol. The lowest BCUT2D eigenvalue weighted by molar-refractivity contribution is 1.05. The van der Waals surface area contributed by atoms with Gasteiger partial charge in [-0.2, -0.15) is 5.26 Å². The molecule has 0 saturated heterocycles. The topological polar surface area (TPSA) is 48.7 Å². The summed E-state index contributed by atoms with van der Waals surface area (Å²) >= 11 is 5.00.